The van der Waals surface area contributed by atoms with E-state index in [0.717, 1.165) is 10.2 Å². The van der Waals surface area contributed by atoms with E-state index in [9.17, 15) is 14.7 Å². The minimum Gasteiger partial charge on any atom is -0.506 e. The number of anilines is 1. The number of nitrogens with zero attached hydrogens (tertiary/aromatic N) is 2. The number of hydrogen-bond acceptors (Lipinski definition) is 5. The molecule has 2 aromatic carbocycles. The topological polar surface area (TPSA) is 84.2 Å². The van der Waals surface area contributed by atoms with E-state index in [0.29, 0.717) is 16.0 Å². The number of nitrogens with one attached hydrogen (secondary N) is 1. The van der Waals surface area contributed by atoms with Gasteiger partial charge in [-0.25, -0.2) is 4.98 Å². The van der Waals surface area contributed by atoms with Gasteiger partial charge in [-0.3, -0.25) is 14.9 Å². The van der Waals surface area contributed by atoms with Crippen LogP contribution in [0.5, 0.6) is 5.75 Å². The number of rotatable bonds is 4. The molecule has 0 radical (unpaired) electrons. The maximum atomic E-state index is 12.9. The van der Waals surface area contributed by atoms with Gasteiger partial charge < -0.3 is 9.67 Å². The van der Waals surface area contributed by atoms with Crippen LogP contribution in [0.4, 0.5) is 5.13 Å². The lowest BCUT2D eigenvalue weighted by atomic mass is 10.1. The molecule has 0 aliphatic carbocycles. The highest BCUT2D eigenvalue weighted by atomic mass is 32.1. The van der Waals surface area contributed by atoms with Crippen molar-refractivity contribution in [2.75, 3.05) is 5.32 Å². The summed E-state index contributed by atoms with van der Waals surface area (Å²) in [6.07, 6.45) is 1.57. The molecule has 0 spiro atoms. The quantitative estimate of drug-likeness (QED) is 0.531. The van der Waals surface area contributed by atoms with Gasteiger partial charge in [0, 0.05) is 11.9 Å². The minimum absolute atomic E-state index is 0.223. The fourth-order valence-corrected chi connectivity index (χ4v) is 3.85. The molecule has 0 unspecified atom stereocenters. The van der Waals surface area contributed by atoms with Gasteiger partial charge in [-0.15, -0.1) is 6.58 Å². The summed E-state index contributed by atoms with van der Waals surface area (Å²) in [5, 5.41) is 14.0. The standard InChI is InChI=1S/C20H15N3O3S/c1-2-11-23-14-9-5-3-7-12(14)17(24)16(19(23)26)18(25)22-20-21-13-8-4-6-10-15(13)27-20/h2-10,24H,1,11H2,(H,21,22,25). The maximum Gasteiger partial charge on any atom is 0.268 e. The van der Waals surface area contributed by atoms with Crippen molar-refractivity contribution in [2.24, 2.45) is 0 Å². The Morgan fingerprint density at radius 1 is 1.22 bits per heavy atom. The second kappa shape index (κ2) is 6.69. The van der Waals surface area contributed by atoms with Crippen LogP contribution in [-0.2, 0) is 6.54 Å². The summed E-state index contributed by atoms with van der Waals surface area (Å²) in [7, 11) is 0. The molecule has 2 aromatic heterocycles. The van der Waals surface area contributed by atoms with Crippen LogP contribution in [0.1, 0.15) is 10.4 Å². The number of fused-ring (bicyclic) bond motifs is 2. The molecular formula is C20H15N3O3S. The molecule has 2 heterocycles. The van der Waals surface area contributed by atoms with E-state index in [2.05, 4.69) is 16.9 Å². The Labute approximate surface area is 158 Å². The molecular weight excluding hydrogens is 362 g/mol. The third kappa shape index (κ3) is 2.88. The van der Waals surface area contributed by atoms with Gasteiger partial charge in [0.25, 0.3) is 11.5 Å². The predicted octanol–water partition coefficient (Wildman–Crippen LogP) is 3.76. The van der Waals surface area contributed by atoms with Gasteiger partial charge in [0.1, 0.15) is 11.3 Å². The summed E-state index contributed by atoms with van der Waals surface area (Å²) in [6.45, 7) is 3.89. The van der Waals surface area contributed by atoms with Crippen LogP contribution in [0, 0.1) is 0 Å². The summed E-state index contributed by atoms with van der Waals surface area (Å²) in [4.78, 5) is 30.0. The molecule has 0 atom stereocenters. The van der Waals surface area contributed by atoms with Gasteiger partial charge in [0.05, 0.1) is 15.7 Å². The number of hydrogen-bond donors (Lipinski definition) is 2. The zero-order valence-electron chi connectivity index (χ0n) is 14.2. The second-order valence-corrected chi connectivity index (χ2v) is 6.92. The molecule has 4 rings (SSSR count). The molecule has 4 aromatic rings. The third-order valence-corrected chi connectivity index (χ3v) is 5.15. The molecule has 7 heteroatoms. The molecule has 2 N–H and O–H groups in total. The van der Waals surface area contributed by atoms with E-state index in [-0.39, 0.29) is 17.9 Å². The highest BCUT2D eigenvalue weighted by Gasteiger charge is 2.22. The zero-order chi connectivity index (χ0) is 19.0. The summed E-state index contributed by atoms with van der Waals surface area (Å²) in [6, 6.07) is 14.4. The lowest BCUT2D eigenvalue weighted by Gasteiger charge is -2.13. The fraction of sp³-hybridized carbons (Fsp3) is 0.0500. The largest absolute Gasteiger partial charge is 0.506 e. The van der Waals surface area contributed by atoms with Gasteiger partial charge >= 0.3 is 0 Å². The van der Waals surface area contributed by atoms with Gasteiger partial charge in [0.15, 0.2) is 5.13 Å². The molecule has 0 fully saturated rings. The van der Waals surface area contributed by atoms with Crippen LogP contribution in [0.25, 0.3) is 21.1 Å². The highest BCUT2D eigenvalue weighted by molar-refractivity contribution is 7.22. The number of para-hydroxylation sites is 2. The summed E-state index contributed by atoms with van der Waals surface area (Å²) in [5.41, 5.74) is 0.403. The number of thiazole rings is 1. The van der Waals surface area contributed by atoms with E-state index in [1.54, 1.807) is 30.3 Å². The normalized spacial score (nSPS) is 11.0. The zero-order valence-corrected chi connectivity index (χ0v) is 15.0. The Kier molecular flexibility index (Phi) is 4.21. The number of pyridine rings is 1. The smallest absolute Gasteiger partial charge is 0.268 e. The van der Waals surface area contributed by atoms with Crippen molar-refractivity contribution in [3.63, 3.8) is 0 Å². The number of carbonyl (C=O) groups is 1. The van der Waals surface area contributed by atoms with Crippen molar-refractivity contribution in [3.8, 4) is 5.75 Å². The van der Waals surface area contributed by atoms with Crippen molar-refractivity contribution in [3.05, 3.63) is 77.1 Å². The molecule has 0 bridgehead atoms. The molecule has 6 nitrogen and oxygen atoms in total. The Morgan fingerprint density at radius 3 is 2.74 bits per heavy atom. The maximum absolute atomic E-state index is 12.9. The van der Waals surface area contributed by atoms with Crippen molar-refractivity contribution >= 4 is 43.5 Å². The number of allylic oxidation sites excluding steroid dienone is 1. The SMILES string of the molecule is C=CCn1c(=O)c(C(=O)Nc2nc3ccccc3s2)c(O)c2ccccc21. The number of carbonyl (C=O) groups excluding carboxylic acids is 1. The fourth-order valence-electron chi connectivity index (χ4n) is 2.99. The van der Waals surface area contributed by atoms with Crippen LogP contribution in [-0.4, -0.2) is 20.6 Å². The molecule has 0 aliphatic heterocycles. The van der Waals surface area contributed by atoms with Crippen molar-refractivity contribution in [2.45, 2.75) is 6.54 Å². The number of aromatic nitrogens is 2. The van der Waals surface area contributed by atoms with Crippen LogP contribution in [0.2, 0.25) is 0 Å². The van der Waals surface area contributed by atoms with Crippen molar-refractivity contribution < 1.29 is 9.90 Å². The first kappa shape index (κ1) is 17.0. The summed E-state index contributed by atoms with van der Waals surface area (Å²) in [5.74, 6) is -1.03. The van der Waals surface area contributed by atoms with Gasteiger partial charge in [0.2, 0.25) is 0 Å². The van der Waals surface area contributed by atoms with E-state index in [1.807, 2.05) is 24.3 Å². The first-order valence-electron chi connectivity index (χ1n) is 8.22. The van der Waals surface area contributed by atoms with Crippen molar-refractivity contribution in [1.82, 2.24) is 9.55 Å². The van der Waals surface area contributed by atoms with E-state index >= 15 is 0 Å². The highest BCUT2D eigenvalue weighted by Crippen LogP contribution is 2.29. The molecule has 0 aliphatic rings. The summed E-state index contributed by atoms with van der Waals surface area (Å²) >= 11 is 1.30. The van der Waals surface area contributed by atoms with Crippen LogP contribution in [0.15, 0.2) is 66.0 Å². The van der Waals surface area contributed by atoms with Crippen LogP contribution in [0.3, 0.4) is 0 Å². The number of aromatic hydroxyl groups is 1. The Hall–Kier alpha value is -3.45. The van der Waals surface area contributed by atoms with Gasteiger partial charge in [-0.2, -0.15) is 0 Å². The van der Waals surface area contributed by atoms with Crippen LogP contribution < -0.4 is 10.9 Å². The van der Waals surface area contributed by atoms with E-state index in [4.69, 9.17) is 0 Å². The minimum atomic E-state index is -0.694. The Balaban J connectivity index is 1.83. The Bertz CT molecular complexity index is 1220. The number of benzene rings is 2. The van der Waals surface area contributed by atoms with Crippen LogP contribution >= 0.6 is 11.3 Å². The Morgan fingerprint density at radius 2 is 1.96 bits per heavy atom. The molecule has 0 saturated carbocycles. The lowest BCUT2D eigenvalue weighted by Crippen LogP contribution is -2.29. The third-order valence-electron chi connectivity index (χ3n) is 4.20. The molecule has 1 amide bonds. The predicted molar refractivity (Wildman–Crippen MR) is 108 cm³/mol. The average molecular weight is 377 g/mol. The molecule has 27 heavy (non-hydrogen) atoms. The van der Waals surface area contributed by atoms with Gasteiger partial charge in [-0.05, 0) is 24.3 Å². The lowest BCUT2D eigenvalue weighted by molar-refractivity contribution is 0.102. The first-order chi connectivity index (χ1) is 13.1. The van der Waals surface area contributed by atoms with Gasteiger partial charge in [-0.1, -0.05) is 41.7 Å². The summed E-state index contributed by atoms with van der Waals surface area (Å²) < 4.78 is 2.33. The molecule has 134 valence electrons. The monoisotopic (exact) mass is 377 g/mol. The van der Waals surface area contributed by atoms with E-state index < -0.39 is 11.5 Å². The molecule has 0 saturated heterocycles. The number of amides is 1. The second-order valence-electron chi connectivity index (χ2n) is 5.89. The van der Waals surface area contributed by atoms with E-state index in [1.165, 1.54) is 15.9 Å². The average Bonchev–Trinajstić information content (AvgIpc) is 3.07. The first-order valence-corrected chi connectivity index (χ1v) is 9.04. The van der Waals surface area contributed by atoms with Crippen molar-refractivity contribution in [1.29, 1.82) is 0 Å².